The Morgan fingerprint density at radius 2 is 1.93 bits per heavy atom. The summed E-state index contributed by atoms with van der Waals surface area (Å²) >= 11 is 6.41. The molecular formula is C22H22ClFN2O3. The Kier molecular flexibility index (Phi) is 5.56. The lowest BCUT2D eigenvalue weighted by Gasteiger charge is -2.36. The third-order valence-electron chi connectivity index (χ3n) is 5.74. The lowest BCUT2D eigenvalue weighted by Crippen LogP contribution is -2.45. The molecule has 0 atom stereocenters. The van der Waals surface area contributed by atoms with Crippen LogP contribution in [0.2, 0.25) is 5.02 Å². The van der Waals surface area contributed by atoms with Crippen LogP contribution in [-0.4, -0.2) is 31.6 Å². The number of benzene rings is 2. The fourth-order valence-corrected chi connectivity index (χ4v) is 4.46. The summed E-state index contributed by atoms with van der Waals surface area (Å²) < 4.78 is 20.1. The average Bonchev–Trinajstić information content (AvgIpc) is 3.14. The van der Waals surface area contributed by atoms with E-state index in [4.69, 9.17) is 16.3 Å². The maximum absolute atomic E-state index is 14.7. The van der Waals surface area contributed by atoms with Crippen molar-refractivity contribution in [2.45, 2.75) is 31.1 Å². The van der Waals surface area contributed by atoms with Gasteiger partial charge < -0.3 is 15.0 Å². The van der Waals surface area contributed by atoms with E-state index in [1.807, 2.05) is 18.2 Å². The van der Waals surface area contributed by atoms with Gasteiger partial charge in [-0.25, -0.2) is 4.39 Å². The molecule has 2 amide bonds. The second kappa shape index (κ2) is 8.13. The molecule has 4 rings (SSSR count). The molecule has 0 bridgehead atoms. The second-order valence-corrected chi connectivity index (χ2v) is 7.85. The summed E-state index contributed by atoms with van der Waals surface area (Å²) in [6.07, 6.45) is 2.14. The monoisotopic (exact) mass is 416 g/mol. The molecule has 0 unspecified atom stereocenters. The van der Waals surface area contributed by atoms with Crippen LogP contribution in [0.4, 0.5) is 15.8 Å². The Morgan fingerprint density at radius 1 is 1.17 bits per heavy atom. The Morgan fingerprint density at radius 3 is 2.59 bits per heavy atom. The van der Waals surface area contributed by atoms with E-state index in [0.29, 0.717) is 49.7 Å². The number of nitrogens with one attached hydrogen (secondary N) is 1. The van der Waals surface area contributed by atoms with Crippen LogP contribution < -0.4 is 10.2 Å². The molecule has 1 N–H and O–H groups in total. The fraction of sp³-hybridized carbons (Fsp3) is 0.364. The highest BCUT2D eigenvalue weighted by Crippen LogP contribution is 2.40. The summed E-state index contributed by atoms with van der Waals surface area (Å²) in [5, 5.41) is 3.38. The summed E-state index contributed by atoms with van der Waals surface area (Å²) in [6.45, 7) is 1.41. The second-order valence-electron chi connectivity index (χ2n) is 7.44. The van der Waals surface area contributed by atoms with E-state index in [2.05, 4.69) is 5.32 Å². The van der Waals surface area contributed by atoms with Gasteiger partial charge in [-0.1, -0.05) is 29.8 Å². The first kappa shape index (κ1) is 19.9. The van der Waals surface area contributed by atoms with Crippen molar-refractivity contribution >= 4 is 34.8 Å². The molecule has 2 aliphatic heterocycles. The molecule has 2 heterocycles. The lowest BCUT2D eigenvalue weighted by atomic mass is 9.73. The van der Waals surface area contributed by atoms with Crippen LogP contribution in [0.15, 0.2) is 42.5 Å². The number of carbonyl (C=O) groups excluding carboxylic acids is 2. The van der Waals surface area contributed by atoms with Crippen molar-refractivity contribution in [2.75, 3.05) is 30.0 Å². The van der Waals surface area contributed by atoms with Gasteiger partial charge in [0.1, 0.15) is 5.82 Å². The summed E-state index contributed by atoms with van der Waals surface area (Å²) in [4.78, 5) is 26.7. The maximum Gasteiger partial charge on any atom is 0.235 e. The van der Waals surface area contributed by atoms with Gasteiger partial charge in [-0.15, -0.1) is 0 Å². The quantitative estimate of drug-likeness (QED) is 0.808. The van der Waals surface area contributed by atoms with E-state index in [1.165, 1.54) is 11.0 Å². The van der Waals surface area contributed by atoms with Gasteiger partial charge in [0.05, 0.1) is 11.1 Å². The van der Waals surface area contributed by atoms with Crippen molar-refractivity contribution in [3.05, 3.63) is 58.9 Å². The van der Waals surface area contributed by atoms with Crippen molar-refractivity contribution in [1.29, 1.82) is 0 Å². The van der Waals surface area contributed by atoms with Gasteiger partial charge in [0.25, 0.3) is 0 Å². The number of rotatable bonds is 4. The molecule has 2 aromatic carbocycles. The van der Waals surface area contributed by atoms with Crippen molar-refractivity contribution in [3.63, 3.8) is 0 Å². The van der Waals surface area contributed by atoms with Crippen molar-refractivity contribution in [1.82, 2.24) is 0 Å². The molecule has 5 nitrogen and oxygen atoms in total. The zero-order valence-corrected chi connectivity index (χ0v) is 16.7. The SMILES string of the molecule is O=C1CCCN1c1ccc(NC(=O)C2(c3ccccc3Cl)CCOCC2)cc1F. The Labute approximate surface area is 173 Å². The van der Waals surface area contributed by atoms with Gasteiger partial charge in [0.2, 0.25) is 11.8 Å². The first-order valence-corrected chi connectivity index (χ1v) is 10.1. The molecule has 0 saturated carbocycles. The van der Waals surface area contributed by atoms with Crippen LogP contribution in [0.1, 0.15) is 31.2 Å². The molecule has 2 aromatic rings. The number of nitrogens with zero attached hydrogens (tertiary/aromatic N) is 1. The predicted octanol–water partition coefficient (Wildman–Crippen LogP) is 4.29. The first-order chi connectivity index (χ1) is 14.0. The van der Waals surface area contributed by atoms with Crippen molar-refractivity contribution in [3.8, 4) is 0 Å². The number of anilines is 2. The number of amides is 2. The molecule has 2 fully saturated rings. The smallest absolute Gasteiger partial charge is 0.235 e. The van der Waals surface area contributed by atoms with Crippen LogP contribution in [0.3, 0.4) is 0 Å². The minimum atomic E-state index is -0.837. The minimum Gasteiger partial charge on any atom is -0.381 e. The molecule has 0 radical (unpaired) electrons. The van der Waals surface area contributed by atoms with Gasteiger partial charge in [0, 0.05) is 36.9 Å². The van der Waals surface area contributed by atoms with Gasteiger partial charge in [0.15, 0.2) is 0 Å². The molecular weight excluding hydrogens is 395 g/mol. The number of hydrogen-bond donors (Lipinski definition) is 1. The number of carbonyl (C=O) groups is 2. The number of halogens is 2. The van der Waals surface area contributed by atoms with Crippen LogP contribution in [-0.2, 0) is 19.7 Å². The standard InChI is InChI=1S/C22H22ClFN2O3/c23-17-5-2-1-4-16(17)22(9-12-29-13-10-22)21(28)25-15-7-8-19(18(24)14-15)26-11-3-6-20(26)27/h1-2,4-5,7-8,14H,3,6,9-13H2,(H,25,28). The fourth-order valence-electron chi connectivity index (χ4n) is 4.15. The van der Waals surface area contributed by atoms with Crippen molar-refractivity contribution < 1.29 is 18.7 Å². The van der Waals surface area contributed by atoms with E-state index in [9.17, 15) is 14.0 Å². The minimum absolute atomic E-state index is 0.0828. The Hall–Kier alpha value is -2.44. The Bertz CT molecular complexity index is 943. The summed E-state index contributed by atoms with van der Waals surface area (Å²) in [7, 11) is 0. The van der Waals surface area contributed by atoms with E-state index in [1.54, 1.807) is 18.2 Å². The molecule has 7 heteroatoms. The van der Waals surface area contributed by atoms with Gasteiger partial charge in [-0.3, -0.25) is 9.59 Å². The molecule has 2 aliphatic rings. The van der Waals surface area contributed by atoms with Gasteiger partial charge in [-0.05, 0) is 49.1 Å². The third kappa shape index (κ3) is 3.74. The topological polar surface area (TPSA) is 58.6 Å². The summed E-state index contributed by atoms with van der Waals surface area (Å²) in [6, 6.07) is 11.7. The zero-order chi connectivity index (χ0) is 20.4. The van der Waals surface area contributed by atoms with Gasteiger partial charge in [-0.2, -0.15) is 0 Å². The zero-order valence-electron chi connectivity index (χ0n) is 15.9. The van der Waals surface area contributed by atoms with Crippen LogP contribution in [0.25, 0.3) is 0 Å². The molecule has 29 heavy (non-hydrogen) atoms. The van der Waals surface area contributed by atoms with Crippen LogP contribution in [0, 0.1) is 5.82 Å². The molecule has 0 aromatic heterocycles. The highest BCUT2D eigenvalue weighted by molar-refractivity contribution is 6.31. The summed E-state index contributed by atoms with van der Waals surface area (Å²) in [5.74, 6) is -0.851. The maximum atomic E-state index is 14.7. The van der Waals surface area contributed by atoms with Crippen molar-refractivity contribution in [2.24, 2.45) is 0 Å². The first-order valence-electron chi connectivity index (χ1n) is 9.75. The molecule has 152 valence electrons. The normalized spacial score (nSPS) is 18.7. The third-order valence-corrected chi connectivity index (χ3v) is 6.07. The van der Waals surface area contributed by atoms with E-state index >= 15 is 0 Å². The highest BCUT2D eigenvalue weighted by atomic mass is 35.5. The lowest BCUT2D eigenvalue weighted by molar-refractivity contribution is -0.125. The predicted molar refractivity (Wildman–Crippen MR) is 110 cm³/mol. The summed E-state index contributed by atoms with van der Waals surface area (Å²) in [5.41, 5.74) is 0.511. The highest BCUT2D eigenvalue weighted by Gasteiger charge is 2.43. The molecule has 0 aliphatic carbocycles. The van der Waals surface area contributed by atoms with Gasteiger partial charge >= 0.3 is 0 Å². The number of hydrogen-bond acceptors (Lipinski definition) is 3. The van der Waals surface area contributed by atoms with E-state index in [0.717, 1.165) is 12.0 Å². The van der Waals surface area contributed by atoms with E-state index in [-0.39, 0.29) is 17.5 Å². The van der Waals surface area contributed by atoms with Crippen LogP contribution in [0.5, 0.6) is 0 Å². The molecule has 0 spiro atoms. The van der Waals surface area contributed by atoms with Crippen LogP contribution >= 0.6 is 11.6 Å². The van der Waals surface area contributed by atoms with E-state index < -0.39 is 11.2 Å². The largest absolute Gasteiger partial charge is 0.381 e. The Balaban J connectivity index is 1.61. The number of ether oxygens (including phenoxy) is 1. The molecule has 2 saturated heterocycles. The average molecular weight is 417 g/mol.